The molecule has 3 fully saturated rings. The number of halogens is 1. The summed E-state index contributed by atoms with van der Waals surface area (Å²) in [4.78, 5) is 21.3. The number of hydrogen-bond donors (Lipinski definition) is 0. The van der Waals surface area contributed by atoms with Gasteiger partial charge in [0, 0.05) is 51.9 Å². The number of morpholine rings is 2. The highest BCUT2D eigenvalue weighted by Gasteiger charge is 2.30. The van der Waals surface area contributed by atoms with Gasteiger partial charge < -0.3 is 18.9 Å². The van der Waals surface area contributed by atoms with Crippen LogP contribution in [0.15, 0.2) is 0 Å². The van der Waals surface area contributed by atoms with Crippen LogP contribution in [0.3, 0.4) is 0 Å². The predicted molar refractivity (Wildman–Crippen MR) is 110 cm³/mol. The summed E-state index contributed by atoms with van der Waals surface area (Å²) in [5.41, 5.74) is 1.66. The van der Waals surface area contributed by atoms with E-state index in [9.17, 15) is 0 Å². The van der Waals surface area contributed by atoms with Crippen molar-refractivity contribution in [1.29, 1.82) is 0 Å². The number of hydrogen-bond acceptors (Lipinski definition) is 8. The Morgan fingerprint density at radius 2 is 1.83 bits per heavy atom. The lowest BCUT2D eigenvalue weighted by molar-refractivity contribution is -0.0467. The summed E-state index contributed by atoms with van der Waals surface area (Å²) in [6.45, 7) is 12.6. The van der Waals surface area contributed by atoms with Crippen LogP contribution in [0.1, 0.15) is 12.7 Å². The molecule has 158 valence electrons. The quantitative estimate of drug-likeness (QED) is 0.673. The van der Waals surface area contributed by atoms with Crippen LogP contribution in [-0.2, 0) is 22.6 Å². The number of aromatic nitrogens is 4. The Labute approximate surface area is 175 Å². The molecule has 2 aromatic heterocycles. The smallest absolute Gasteiger partial charge is 0.226 e. The van der Waals surface area contributed by atoms with E-state index in [1.807, 2.05) is 0 Å². The Morgan fingerprint density at radius 3 is 2.66 bits per heavy atom. The van der Waals surface area contributed by atoms with Crippen LogP contribution in [0, 0.1) is 0 Å². The van der Waals surface area contributed by atoms with Crippen molar-refractivity contribution >= 4 is 28.6 Å². The molecule has 29 heavy (non-hydrogen) atoms. The molecular formula is C19H28ClN7O2. The Kier molecular flexibility index (Phi) is 5.57. The number of rotatable bonds is 4. The molecule has 3 aliphatic rings. The highest BCUT2D eigenvalue weighted by molar-refractivity contribution is 6.28. The lowest BCUT2D eigenvalue weighted by Crippen LogP contribution is -2.57. The number of fused-ring (bicyclic) bond motifs is 2. The highest BCUT2D eigenvalue weighted by Crippen LogP contribution is 2.27. The Hall–Kier alpha value is -1.52. The fraction of sp³-hybridized carbons (Fsp3) is 0.737. The van der Waals surface area contributed by atoms with Crippen molar-refractivity contribution in [2.24, 2.45) is 0 Å². The lowest BCUT2D eigenvalue weighted by Gasteiger charge is -2.43. The molecule has 0 amide bonds. The number of nitrogens with zero attached hydrogens (tertiary/aromatic N) is 7. The van der Waals surface area contributed by atoms with E-state index in [-0.39, 0.29) is 5.28 Å². The van der Waals surface area contributed by atoms with Crippen molar-refractivity contribution in [2.75, 3.05) is 70.6 Å². The van der Waals surface area contributed by atoms with E-state index in [0.29, 0.717) is 19.3 Å². The molecule has 0 bridgehead atoms. The minimum Gasteiger partial charge on any atom is -0.378 e. The molecule has 5 heterocycles. The first-order chi connectivity index (χ1) is 14.2. The monoisotopic (exact) mass is 421 g/mol. The van der Waals surface area contributed by atoms with Crippen LogP contribution in [-0.4, -0.2) is 101 Å². The minimum atomic E-state index is 0.271. The molecule has 3 saturated heterocycles. The van der Waals surface area contributed by atoms with Crippen molar-refractivity contribution in [3.8, 4) is 0 Å². The van der Waals surface area contributed by atoms with Crippen molar-refractivity contribution in [2.45, 2.75) is 26.1 Å². The third kappa shape index (κ3) is 3.82. The molecule has 10 heteroatoms. The molecule has 5 rings (SSSR count). The summed E-state index contributed by atoms with van der Waals surface area (Å²) in [5.74, 6) is 1.85. The largest absolute Gasteiger partial charge is 0.378 e. The molecule has 3 aliphatic heterocycles. The van der Waals surface area contributed by atoms with Gasteiger partial charge in [-0.25, -0.2) is 4.98 Å². The molecule has 0 N–H and O–H groups in total. The standard InChI is InChI=1S/C19H28ClN7O2/c1-2-27-15(12-24-3-4-25-5-10-29-13-14(25)11-24)21-16-17(22-19(20)23-18(16)27)26-6-8-28-9-7-26/h14H,2-13H2,1H3/t14-/m1/s1. The van der Waals surface area contributed by atoms with Gasteiger partial charge in [-0.1, -0.05) is 0 Å². The van der Waals surface area contributed by atoms with Gasteiger partial charge in [-0.3, -0.25) is 9.80 Å². The molecule has 9 nitrogen and oxygen atoms in total. The first-order valence-electron chi connectivity index (χ1n) is 10.5. The second-order valence-corrected chi connectivity index (χ2v) is 8.20. The van der Waals surface area contributed by atoms with Gasteiger partial charge in [0.2, 0.25) is 5.28 Å². The summed E-state index contributed by atoms with van der Waals surface area (Å²) < 4.78 is 13.4. The zero-order valence-electron chi connectivity index (χ0n) is 16.9. The average molecular weight is 422 g/mol. The number of piperazine rings is 1. The van der Waals surface area contributed by atoms with Gasteiger partial charge in [0.05, 0.1) is 33.0 Å². The molecule has 0 unspecified atom stereocenters. The minimum absolute atomic E-state index is 0.271. The average Bonchev–Trinajstić information content (AvgIpc) is 3.10. The third-order valence-corrected chi connectivity index (χ3v) is 6.31. The number of anilines is 1. The van der Waals surface area contributed by atoms with Crippen LogP contribution in [0.25, 0.3) is 11.2 Å². The molecule has 1 atom stereocenters. The van der Waals surface area contributed by atoms with Gasteiger partial charge in [-0.05, 0) is 18.5 Å². The van der Waals surface area contributed by atoms with E-state index >= 15 is 0 Å². The maximum atomic E-state index is 6.30. The van der Waals surface area contributed by atoms with E-state index in [0.717, 1.165) is 88.4 Å². The molecule has 0 aliphatic carbocycles. The van der Waals surface area contributed by atoms with Crippen LogP contribution in [0.4, 0.5) is 5.82 Å². The SMILES string of the molecule is CCn1c(CN2CCN3CCOC[C@H]3C2)nc2c(N3CCOCC3)nc(Cl)nc21. The van der Waals surface area contributed by atoms with E-state index < -0.39 is 0 Å². The van der Waals surface area contributed by atoms with Gasteiger partial charge in [-0.2, -0.15) is 9.97 Å². The molecule has 0 radical (unpaired) electrons. The van der Waals surface area contributed by atoms with E-state index in [2.05, 4.69) is 36.2 Å². The van der Waals surface area contributed by atoms with Crippen LogP contribution >= 0.6 is 11.6 Å². The second kappa shape index (κ2) is 8.31. The Bertz CT molecular complexity index is 870. The molecule has 2 aromatic rings. The number of aryl methyl sites for hydroxylation is 1. The van der Waals surface area contributed by atoms with Crippen LogP contribution < -0.4 is 4.90 Å². The van der Waals surface area contributed by atoms with Crippen molar-refractivity contribution < 1.29 is 9.47 Å². The Morgan fingerprint density at radius 1 is 1.00 bits per heavy atom. The maximum Gasteiger partial charge on any atom is 0.226 e. The topological polar surface area (TPSA) is 71.8 Å². The molecule has 0 spiro atoms. The van der Waals surface area contributed by atoms with Crippen LogP contribution in [0.5, 0.6) is 0 Å². The van der Waals surface area contributed by atoms with Crippen molar-refractivity contribution in [1.82, 2.24) is 29.3 Å². The van der Waals surface area contributed by atoms with Gasteiger partial charge in [0.25, 0.3) is 0 Å². The highest BCUT2D eigenvalue weighted by atomic mass is 35.5. The zero-order valence-corrected chi connectivity index (χ0v) is 17.6. The number of imidazole rings is 1. The van der Waals surface area contributed by atoms with Gasteiger partial charge in [0.15, 0.2) is 17.0 Å². The fourth-order valence-electron chi connectivity index (χ4n) is 4.61. The maximum absolute atomic E-state index is 6.30. The molecule has 0 aromatic carbocycles. The molecule has 0 saturated carbocycles. The first-order valence-corrected chi connectivity index (χ1v) is 10.9. The fourth-order valence-corrected chi connectivity index (χ4v) is 4.77. The lowest BCUT2D eigenvalue weighted by atomic mass is 10.1. The first kappa shape index (κ1) is 19.4. The van der Waals surface area contributed by atoms with E-state index in [1.54, 1.807) is 0 Å². The molecular weight excluding hydrogens is 394 g/mol. The number of ether oxygens (including phenoxy) is 2. The summed E-state index contributed by atoms with van der Waals surface area (Å²) >= 11 is 6.30. The summed E-state index contributed by atoms with van der Waals surface area (Å²) in [5, 5.41) is 0.271. The van der Waals surface area contributed by atoms with Crippen LogP contribution in [0.2, 0.25) is 5.28 Å². The normalized spacial score (nSPS) is 24.2. The predicted octanol–water partition coefficient (Wildman–Crippen LogP) is 0.853. The van der Waals surface area contributed by atoms with E-state index in [4.69, 9.17) is 26.1 Å². The summed E-state index contributed by atoms with van der Waals surface area (Å²) in [6, 6.07) is 0.482. The summed E-state index contributed by atoms with van der Waals surface area (Å²) in [7, 11) is 0. The van der Waals surface area contributed by atoms with E-state index in [1.165, 1.54) is 0 Å². The zero-order chi connectivity index (χ0) is 19.8. The van der Waals surface area contributed by atoms with Gasteiger partial charge in [-0.15, -0.1) is 0 Å². The van der Waals surface area contributed by atoms with Crippen molar-refractivity contribution in [3.63, 3.8) is 0 Å². The van der Waals surface area contributed by atoms with Gasteiger partial charge in [0.1, 0.15) is 5.82 Å². The van der Waals surface area contributed by atoms with Crippen molar-refractivity contribution in [3.05, 3.63) is 11.1 Å². The third-order valence-electron chi connectivity index (χ3n) is 6.14. The summed E-state index contributed by atoms with van der Waals surface area (Å²) in [6.07, 6.45) is 0. The van der Waals surface area contributed by atoms with Gasteiger partial charge >= 0.3 is 0 Å². The second-order valence-electron chi connectivity index (χ2n) is 7.86. The Balaban J connectivity index is 1.44.